The lowest BCUT2D eigenvalue weighted by atomic mass is 10.1. The Kier molecular flexibility index (Phi) is 4.04. The van der Waals surface area contributed by atoms with Gasteiger partial charge in [0.25, 0.3) is 0 Å². The van der Waals surface area contributed by atoms with Gasteiger partial charge < -0.3 is 14.4 Å². The summed E-state index contributed by atoms with van der Waals surface area (Å²) in [6.45, 7) is 4.53. The molecular weight excluding hydrogens is 266 g/mol. The third kappa shape index (κ3) is 3.14. The SMILES string of the molecule is CCOc1ccc(CCC(=O)N2CC3CC3C2)cc1OC. The molecule has 1 amide bonds. The monoisotopic (exact) mass is 289 g/mol. The molecule has 4 heteroatoms. The molecule has 1 aliphatic heterocycles. The van der Waals surface area contributed by atoms with Crippen molar-refractivity contribution in [2.45, 2.75) is 26.2 Å². The van der Waals surface area contributed by atoms with Crippen molar-refractivity contribution in [2.75, 3.05) is 26.8 Å². The van der Waals surface area contributed by atoms with Crippen molar-refractivity contribution in [2.24, 2.45) is 11.8 Å². The van der Waals surface area contributed by atoms with E-state index >= 15 is 0 Å². The first-order valence-corrected chi connectivity index (χ1v) is 7.78. The summed E-state index contributed by atoms with van der Waals surface area (Å²) in [5, 5.41) is 0. The van der Waals surface area contributed by atoms with E-state index in [1.807, 2.05) is 30.0 Å². The number of fused-ring (bicyclic) bond motifs is 1. The van der Waals surface area contributed by atoms with Crippen molar-refractivity contribution in [1.82, 2.24) is 4.90 Å². The molecule has 0 aromatic heterocycles. The first-order valence-electron chi connectivity index (χ1n) is 7.78. The smallest absolute Gasteiger partial charge is 0.222 e. The predicted molar refractivity (Wildman–Crippen MR) is 80.7 cm³/mol. The minimum absolute atomic E-state index is 0.287. The van der Waals surface area contributed by atoms with Crippen LogP contribution in [0.25, 0.3) is 0 Å². The van der Waals surface area contributed by atoms with Crippen LogP contribution in [0.4, 0.5) is 0 Å². The number of carbonyl (C=O) groups is 1. The van der Waals surface area contributed by atoms with Crippen LogP contribution >= 0.6 is 0 Å². The van der Waals surface area contributed by atoms with E-state index in [1.165, 1.54) is 6.42 Å². The van der Waals surface area contributed by atoms with E-state index in [0.29, 0.717) is 13.0 Å². The van der Waals surface area contributed by atoms with Crippen LogP contribution < -0.4 is 9.47 Å². The van der Waals surface area contributed by atoms with Crippen molar-refractivity contribution in [3.8, 4) is 11.5 Å². The number of benzene rings is 1. The zero-order valence-corrected chi connectivity index (χ0v) is 12.8. The van der Waals surface area contributed by atoms with E-state index < -0.39 is 0 Å². The lowest BCUT2D eigenvalue weighted by molar-refractivity contribution is -0.130. The van der Waals surface area contributed by atoms with E-state index in [-0.39, 0.29) is 5.91 Å². The number of carbonyl (C=O) groups excluding carboxylic acids is 1. The number of hydrogen-bond donors (Lipinski definition) is 0. The van der Waals surface area contributed by atoms with Gasteiger partial charge >= 0.3 is 0 Å². The van der Waals surface area contributed by atoms with Gasteiger partial charge in [0, 0.05) is 19.5 Å². The van der Waals surface area contributed by atoms with Gasteiger partial charge in [-0.25, -0.2) is 0 Å². The Hall–Kier alpha value is -1.71. The van der Waals surface area contributed by atoms with E-state index in [4.69, 9.17) is 9.47 Å². The Morgan fingerprint density at radius 3 is 2.71 bits per heavy atom. The number of aryl methyl sites for hydroxylation is 1. The Labute approximate surface area is 126 Å². The number of piperidine rings is 1. The zero-order chi connectivity index (χ0) is 14.8. The standard InChI is InChI=1S/C17H23NO3/c1-3-21-15-6-4-12(8-16(15)20-2)5-7-17(19)18-10-13-9-14(13)11-18/h4,6,8,13-14H,3,5,7,9-11H2,1-2H3. The fourth-order valence-electron chi connectivity index (χ4n) is 3.15. The predicted octanol–water partition coefficient (Wildman–Crippen LogP) is 2.50. The minimum atomic E-state index is 0.287. The van der Waals surface area contributed by atoms with Crippen LogP contribution in [0.5, 0.6) is 11.5 Å². The van der Waals surface area contributed by atoms with Crippen molar-refractivity contribution in [1.29, 1.82) is 0 Å². The summed E-state index contributed by atoms with van der Waals surface area (Å²) in [4.78, 5) is 14.2. The molecule has 0 spiro atoms. The van der Waals surface area contributed by atoms with Gasteiger partial charge in [0.05, 0.1) is 13.7 Å². The molecule has 1 saturated carbocycles. The second-order valence-electron chi connectivity index (χ2n) is 5.97. The summed E-state index contributed by atoms with van der Waals surface area (Å²) in [6.07, 6.45) is 2.67. The molecule has 1 aromatic carbocycles. The second-order valence-corrected chi connectivity index (χ2v) is 5.97. The highest BCUT2D eigenvalue weighted by molar-refractivity contribution is 5.77. The Morgan fingerprint density at radius 1 is 1.29 bits per heavy atom. The Bertz CT molecular complexity index is 519. The zero-order valence-electron chi connectivity index (χ0n) is 12.8. The number of hydrogen-bond acceptors (Lipinski definition) is 3. The second kappa shape index (κ2) is 5.96. The molecule has 0 radical (unpaired) electrons. The molecule has 1 aromatic rings. The van der Waals surface area contributed by atoms with E-state index in [0.717, 1.165) is 48.4 Å². The molecule has 0 N–H and O–H groups in total. The number of rotatable bonds is 6. The quantitative estimate of drug-likeness (QED) is 0.807. The van der Waals surface area contributed by atoms with Crippen molar-refractivity contribution in [3.05, 3.63) is 23.8 Å². The topological polar surface area (TPSA) is 38.8 Å². The average molecular weight is 289 g/mol. The number of likely N-dealkylation sites (tertiary alicyclic amines) is 1. The third-order valence-electron chi connectivity index (χ3n) is 4.49. The Morgan fingerprint density at radius 2 is 2.05 bits per heavy atom. The van der Waals surface area contributed by atoms with Gasteiger partial charge in [0.2, 0.25) is 5.91 Å². The van der Waals surface area contributed by atoms with Gasteiger partial charge in [-0.15, -0.1) is 0 Å². The molecular formula is C17H23NO3. The van der Waals surface area contributed by atoms with Gasteiger partial charge in [-0.05, 0) is 49.3 Å². The normalized spacial score (nSPS) is 22.9. The summed E-state index contributed by atoms with van der Waals surface area (Å²) in [5.41, 5.74) is 1.12. The van der Waals surface area contributed by atoms with E-state index in [9.17, 15) is 4.79 Å². The van der Waals surface area contributed by atoms with Crippen LogP contribution in [0.2, 0.25) is 0 Å². The van der Waals surface area contributed by atoms with E-state index in [2.05, 4.69) is 0 Å². The van der Waals surface area contributed by atoms with Crippen LogP contribution in [0.3, 0.4) is 0 Å². The molecule has 1 aliphatic carbocycles. The summed E-state index contributed by atoms with van der Waals surface area (Å²) in [5.74, 6) is 3.40. The minimum Gasteiger partial charge on any atom is -0.493 e. The fraction of sp³-hybridized carbons (Fsp3) is 0.588. The molecule has 3 rings (SSSR count). The van der Waals surface area contributed by atoms with Crippen LogP contribution in [0, 0.1) is 11.8 Å². The van der Waals surface area contributed by atoms with Crippen LogP contribution in [0.1, 0.15) is 25.3 Å². The molecule has 21 heavy (non-hydrogen) atoms. The maximum absolute atomic E-state index is 12.2. The van der Waals surface area contributed by atoms with Gasteiger partial charge in [-0.2, -0.15) is 0 Å². The van der Waals surface area contributed by atoms with Crippen molar-refractivity contribution >= 4 is 5.91 Å². The highest BCUT2D eigenvalue weighted by Gasteiger charge is 2.46. The number of amides is 1. The van der Waals surface area contributed by atoms with E-state index in [1.54, 1.807) is 7.11 Å². The number of ether oxygens (including phenoxy) is 2. The van der Waals surface area contributed by atoms with Gasteiger partial charge in [-0.3, -0.25) is 4.79 Å². The maximum Gasteiger partial charge on any atom is 0.222 e. The lowest BCUT2D eigenvalue weighted by Gasteiger charge is -2.18. The molecule has 1 heterocycles. The first kappa shape index (κ1) is 14.2. The fourth-order valence-corrected chi connectivity index (χ4v) is 3.15. The Balaban J connectivity index is 1.55. The number of methoxy groups -OCH3 is 1. The highest BCUT2D eigenvalue weighted by Crippen LogP contribution is 2.45. The van der Waals surface area contributed by atoms with Crippen LogP contribution in [0.15, 0.2) is 18.2 Å². The molecule has 1 saturated heterocycles. The molecule has 2 aliphatic rings. The largest absolute Gasteiger partial charge is 0.493 e. The molecule has 4 nitrogen and oxygen atoms in total. The van der Waals surface area contributed by atoms with Gasteiger partial charge in [-0.1, -0.05) is 6.07 Å². The van der Waals surface area contributed by atoms with Crippen molar-refractivity contribution < 1.29 is 14.3 Å². The number of nitrogens with zero attached hydrogens (tertiary/aromatic N) is 1. The molecule has 2 fully saturated rings. The summed E-state index contributed by atoms with van der Waals surface area (Å²) >= 11 is 0. The summed E-state index contributed by atoms with van der Waals surface area (Å²) in [7, 11) is 1.64. The van der Waals surface area contributed by atoms with Gasteiger partial charge in [0.1, 0.15) is 0 Å². The molecule has 0 bridgehead atoms. The molecule has 2 unspecified atom stereocenters. The third-order valence-corrected chi connectivity index (χ3v) is 4.49. The highest BCUT2D eigenvalue weighted by atomic mass is 16.5. The van der Waals surface area contributed by atoms with Crippen molar-refractivity contribution in [3.63, 3.8) is 0 Å². The average Bonchev–Trinajstić information content (AvgIpc) is 3.12. The van der Waals surface area contributed by atoms with Crippen LogP contribution in [-0.4, -0.2) is 37.6 Å². The summed E-state index contributed by atoms with van der Waals surface area (Å²) in [6, 6.07) is 5.91. The van der Waals surface area contributed by atoms with Gasteiger partial charge in [0.15, 0.2) is 11.5 Å². The molecule has 2 atom stereocenters. The molecule has 114 valence electrons. The lowest BCUT2D eigenvalue weighted by Crippen LogP contribution is -2.30. The summed E-state index contributed by atoms with van der Waals surface area (Å²) < 4.78 is 10.9. The first-order chi connectivity index (χ1) is 10.2. The maximum atomic E-state index is 12.2. The van der Waals surface area contributed by atoms with Crippen LogP contribution in [-0.2, 0) is 11.2 Å².